The Morgan fingerprint density at radius 3 is 2.75 bits per heavy atom. The molecule has 0 saturated heterocycles. The first-order chi connectivity index (χ1) is 11.6. The molecular weight excluding hydrogens is 308 g/mol. The maximum atomic E-state index is 12.3. The number of rotatable bonds is 4. The molecule has 0 radical (unpaired) electrons. The lowest BCUT2D eigenvalue weighted by Gasteiger charge is -2.25. The summed E-state index contributed by atoms with van der Waals surface area (Å²) in [5.41, 5.74) is 3.05. The number of carbonyl (C=O) groups excluding carboxylic acids is 1. The molecule has 3 rings (SSSR count). The first-order valence-electron chi connectivity index (χ1n) is 7.77. The monoisotopic (exact) mass is 326 g/mol. The van der Waals surface area contributed by atoms with E-state index in [2.05, 4.69) is 11.4 Å². The van der Waals surface area contributed by atoms with Crippen molar-refractivity contribution >= 4 is 11.6 Å². The Hall–Kier alpha value is -2.73. The van der Waals surface area contributed by atoms with Gasteiger partial charge < -0.3 is 10.1 Å². The summed E-state index contributed by atoms with van der Waals surface area (Å²) in [4.78, 5) is 22.8. The molecule has 0 saturated carbocycles. The summed E-state index contributed by atoms with van der Waals surface area (Å²) in [7, 11) is 0. The third-order valence-electron chi connectivity index (χ3n) is 4.28. The van der Waals surface area contributed by atoms with Gasteiger partial charge in [-0.15, -0.1) is 0 Å². The van der Waals surface area contributed by atoms with Crippen molar-refractivity contribution in [2.75, 3.05) is 6.54 Å². The zero-order chi connectivity index (χ0) is 17.1. The van der Waals surface area contributed by atoms with Crippen LogP contribution in [0.25, 0.3) is 0 Å². The predicted octanol–water partition coefficient (Wildman–Crippen LogP) is 2.77. The molecule has 24 heavy (non-hydrogen) atoms. The molecule has 1 aliphatic rings. The van der Waals surface area contributed by atoms with Gasteiger partial charge in [0, 0.05) is 30.2 Å². The molecule has 1 aliphatic heterocycles. The smallest absolute Gasteiger partial charge is 0.273 e. The molecule has 0 aliphatic carbocycles. The molecule has 2 aromatic rings. The van der Waals surface area contributed by atoms with Crippen LogP contribution in [-0.2, 0) is 17.8 Å². The molecule has 0 spiro atoms. The van der Waals surface area contributed by atoms with Crippen LogP contribution >= 0.6 is 0 Å². The zero-order valence-corrected chi connectivity index (χ0v) is 13.3. The van der Waals surface area contributed by atoms with Crippen LogP contribution in [0.1, 0.15) is 27.0 Å². The van der Waals surface area contributed by atoms with Crippen LogP contribution < -0.4 is 5.32 Å². The largest absolute Gasteiger partial charge is 0.371 e. The first-order valence-corrected chi connectivity index (χ1v) is 7.77. The second-order valence-electron chi connectivity index (χ2n) is 5.82. The number of ether oxygens (including phenoxy) is 1. The van der Waals surface area contributed by atoms with E-state index in [1.807, 2.05) is 18.2 Å². The van der Waals surface area contributed by atoms with Gasteiger partial charge in [0.2, 0.25) is 0 Å². The van der Waals surface area contributed by atoms with Crippen LogP contribution in [0.3, 0.4) is 0 Å². The topological polar surface area (TPSA) is 81.5 Å². The number of carbonyl (C=O) groups is 1. The second kappa shape index (κ2) is 6.80. The van der Waals surface area contributed by atoms with Crippen LogP contribution in [-0.4, -0.2) is 23.5 Å². The van der Waals surface area contributed by atoms with E-state index in [0.717, 1.165) is 6.42 Å². The van der Waals surface area contributed by atoms with Crippen molar-refractivity contribution in [2.24, 2.45) is 0 Å². The summed E-state index contributed by atoms with van der Waals surface area (Å²) in [6.07, 6.45) is 0.646. The zero-order valence-electron chi connectivity index (χ0n) is 13.3. The van der Waals surface area contributed by atoms with E-state index in [4.69, 9.17) is 4.74 Å². The molecule has 0 aromatic heterocycles. The van der Waals surface area contributed by atoms with Gasteiger partial charge in [-0.1, -0.05) is 30.3 Å². The summed E-state index contributed by atoms with van der Waals surface area (Å²) in [5, 5.41) is 13.8. The minimum atomic E-state index is -0.479. The van der Waals surface area contributed by atoms with Crippen LogP contribution in [0.2, 0.25) is 0 Å². The van der Waals surface area contributed by atoms with Crippen LogP contribution in [0.4, 0.5) is 5.69 Å². The van der Waals surface area contributed by atoms with Gasteiger partial charge in [0.1, 0.15) is 0 Å². The number of nitro benzene ring substituents is 1. The summed E-state index contributed by atoms with van der Waals surface area (Å²) in [6.45, 7) is 2.49. The summed E-state index contributed by atoms with van der Waals surface area (Å²) >= 11 is 0. The van der Waals surface area contributed by atoms with Crippen molar-refractivity contribution < 1.29 is 14.5 Å². The lowest BCUT2D eigenvalue weighted by Crippen LogP contribution is -2.37. The molecule has 1 atom stereocenters. The molecule has 1 heterocycles. The maximum absolute atomic E-state index is 12.3. The number of nitrogens with one attached hydrogen (secondary N) is 1. The normalized spacial score (nSPS) is 16.3. The average Bonchev–Trinajstić information content (AvgIpc) is 2.59. The van der Waals surface area contributed by atoms with Gasteiger partial charge in [-0.25, -0.2) is 0 Å². The fraction of sp³-hybridized carbons (Fsp3) is 0.278. The number of nitrogens with zero attached hydrogens (tertiary/aromatic N) is 1. The molecule has 0 bridgehead atoms. The van der Waals surface area contributed by atoms with Crippen LogP contribution in [0.5, 0.6) is 0 Å². The van der Waals surface area contributed by atoms with Crippen LogP contribution in [0, 0.1) is 17.0 Å². The van der Waals surface area contributed by atoms with E-state index in [-0.39, 0.29) is 17.7 Å². The Bertz CT molecular complexity index is 788. The maximum Gasteiger partial charge on any atom is 0.273 e. The van der Waals surface area contributed by atoms with E-state index >= 15 is 0 Å². The Morgan fingerprint density at radius 2 is 2.00 bits per heavy atom. The fourth-order valence-electron chi connectivity index (χ4n) is 2.91. The third-order valence-corrected chi connectivity index (χ3v) is 4.28. The van der Waals surface area contributed by atoms with Gasteiger partial charge in [0.05, 0.1) is 17.6 Å². The molecule has 1 unspecified atom stereocenters. The highest BCUT2D eigenvalue weighted by molar-refractivity contribution is 5.96. The summed E-state index contributed by atoms with van der Waals surface area (Å²) < 4.78 is 5.76. The quantitative estimate of drug-likeness (QED) is 0.692. The molecule has 6 nitrogen and oxygen atoms in total. The third kappa shape index (κ3) is 3.28. The average molecular weight is 326 g/mol. The van der Waals surface area contributed by atoms with Crippen molar-refractivity contribution in [3.63, 3.8) is 0 Å². The second-order valence-corrected chi connectivity index (χ2v) is 5.82. The first kappa shape index (κ1) is 16.1. The van der Waals surface area contributed by atoms with Crippen molar-refractivity contribution in [3.05, 3.63) is 74.8 Å². The fourth-order valence-corrected chi connectivity index (χ4v) is 2.91. The van der Waals surface area contributed by atoms with Crippen molar-refractivity contribution in [3.8, 4) is 0 Å². The van der Waals surface area contributed by atoms with Gasteiger partial charge >= 0.3 is 0 Å². The number of nitro groups is 1. The van der Waals surface area contributed by atoms with E-state index in [1.165, 1.54) is 23.3 Å². The molecule has 1 N–H and O–H groups in total. The van der Waals surface area contributed by atoms with Gasteiger partial charge in [-0.3, -0.25) is 14.9 Å². The number of amides is 1. The van der Waals surface area contributed by atoms with Gasteiger partial charge in [0.25, 0.3) is 11.6 Å². The minimum absolute atomic E-state index is 0.0505. The van der Waals surface area contributed by atoms with Crippen molar-refractivity contribution in [2.45, 2.75) is 26.1 Å². The number of fused-ring (bicyclic) bond motifs is 1. The van der Waals surface area contributed by atoms with E-state index in [0.29, 0.717) is 24.3 Å². The number of hydrogen-bond acceptors (Lipinski definition) is 4. The van der Waals surface area contributed by atoms with E-state index in [9.17, 15) is 14.9 Å². The molecule has 0 fully saturated rings. The highest BCUT2D eigenvalue weighted by Gasteiger charge is 2.21. The molecular formula is C18H18N2O4. The lowest BCUT2D eigenvalue weighted by molar-refractivity contribution is -0.385. The number of hydrogen-bond donors (Lipinski definition) is 1. The predicted molar refractivity (Wildman–Crippen MR) is 88.9 cm³/mol. The highest BCUT2D eigenvalue weighted by atomic mass is 16.6. The lowest BCUT2D eigenvalue weighted by atomic mass is 9.99. The van der Waals surface area contributed by atoms with E-state index < -0.39 is 4.92 Å². The highest BCUT2D eigenvalue weighted by Crippen LogP contribution is 2.22. The molecule has 124 valence electrons. The van der Waals surface area contributed by atoms with Gasteiger partial charge in [0.15, 0.2) is 0 Å². The molecule has 1 amide bonds. The van der Waals surface area contributed by atoms with Crippen molar-refractivity contribution in [1.82, 2.24) is 5.32 Å². The molecule has 6 heteroatoms. The van der Waals surface area contributed by atoms with E-state index in [1.54, 1.807) is 13.0 Å². The van der Waals surface area contributed by atoms with Gasteiger partial charge in [-0.2, -0.15) is 0 Å². The minimum Gasteiger partial charge on any atom is -0.371 e. The Kier molecular flexibility index (Phi) is 4.57. The standard InChI is InChI=1S/C18H18N2O4/c1-12-16(7-4-8-17(12)20(22)23)18(21)19-10-15-9-13-5-2-3-6-14(13)11-24-15/h2-8,15H,9-11H2,1H3,(H,19,21). The van der Waals surface area contributed by atoms with Crippen LogP contribution in [0.15, 0.2) is 42.5 Å². The summed E-state index contributed by atoms with van der Waals surface area (Å²) in [6, 6.07) is 12.6. The van der Waals surface area contributed by atoms with Crippen molar-refractivity contribution in [1.29, 1.82) is 0 Å². The SMILES string of the molecule is Cc1c(C(=O)NCC2Cc3ccccc3CO2)cccc1[N+](=O)[O-]. The Labute approximate surface area is 139 Å². The van der Waals surface area contributed by atoms with Gasteiger partial charge in [-0.05, 0) is 24.1 Å². The molecule has 2 aromatic carbocycles. The Balaban J connectivity index is 1.65. The number of benzene rings is 2. The Morgan fingerprint density at radius 1 is 1.25 bits per heavy atom. The summed E-state index contributed by atoms with van der Waals surface area (Å²) in [5.74, 6) is -0.321.